The molecular weight excluding hydrogens is 272 g/mol. The molecule has 2 aromatic rings. The van der Waals surface area contributed by atoms with Crippen LogP contribution in [0, 0.1) is 0 Å². The first-order chi connectivity index (χ1) is 10.1. The minimum absolute atomic E-state index is 0.0336. The highest BCUT2D eigenvalue weighted by Crippen LogP contribution is 2.23. The van der Waals surface area contributed by atoms with E-state index < -0.39 is 12.0 Å². The van der Waals surface area contributed by atoms with E-state index in [1.165, 1.54) is 4.90 Å². The number of morpholine rings is 1. The Hall–Kier alpha value is -2.34. The summed E-state index contributed by atoms with van der Waals surface area (Å²) in [7, 11) is 1.87. The molecule has 0 bridgehead atoms. The van der Waals surface area contributed by atoms with Gasteiger partial charge in [-0.3, -0.25) is 4.79 Å². The number of para-hydroxylation sites is 1. The van der Waals surface area contributed by atoms with Crippen LogP contribution < -0.4 is 0 Å². The van der Waals surface area contributed by atoms with Crippen molar-refractivity contribution >= 4 is 22.8 Å². The maximum absolute atomic E-state index is 12.7. The minimum Gasteiger partial charge on any atom is -0.480 e. The van der Waals surface area contributed by atoms with Gasteiger partial charge in [0, 0.05) is 30.7 Å². The van der Waals surface area contributed by atoms with Gasteiger partial charge in [-0.2, -0.15) is 0 Å². The van der Waals surface area contributed by atoms with Crippen LogP contribution >= 0.6 is 0 Å². The Labute approximate surface area is 121 Å². The number of hydrogen-bond acceptors (Lipinski definition) is 3. The molecule has 1 aliphatic heterocycles. The first-order valence-corrected chi connectivity index (χ1v) is 6.75. The molecule has 0 aliphatic carbocycles. The molecule has 1 N–H and O–H groups in total. The summed E-state index contributed by atoms with van der Waals surface area (Å²) in [5.74, 6) is -1.30. The quantitative estimate of drug-likeness (QED) is 0.898. The van der Waals surface area contributed by atoms with Gasteiger partial charge in [-0.25, -0.2) is 4.79 Å². The number of aryl methyl sites for hydroxylation is 1. The van der Waals surface area contributed by atoms with Crippen LogP contribution in [-0.2, 0) is 16.6 Å². The second-order valence-corrected chi connectivity index (χ2v) is 5.10. The molecule has 3 rings (SSSR count). The molecule has 0 spiro atoms. The Kier molecular flexibility index (Phi) is 3.39. The van der Waals surface area contributed by atoms with Gasteiger partial charge in [-0.15, -0.1) is 0 Å². The number of amides is 1. The molecule has 1 fully saturated rings. The van der Waals surface area contributed by atoms with Crippen LogP contribution in [0.15, 0.2) is 30.5 Å². The topological polar surface area (TPSA) is 71.8 Å². The molecule has 0 unspecified atom stereocenters. The second kappa shape index (κ2) is 5.21. The lowest BCUT2D eigenvalue weighted by Crippen LogP contribution is -2.52. The predicted molar refractivity (Wildman–Crippen MR) is 76.2 cm³/mol. The van der Waals surface area contributed by atoms with Crippen molar-refractivity contribution in [3.8, 4) is 0 Å². The van der Waals surface area contributed by atoms with Crippen molar-refractivity contribution in [2.75, 3.05) is 19.8 Å². The third-order valence-corrected chi connectivity index (χ3v) is 3.80. The lowest BCUT2D eigenvalue weighted by molar-refractivity contribution is -0.147. The number of benzene rings is 1. The Morgan fingerprint density at radius 3 is 2.86 bits per heavy atom. The summed E-state index contributed by atoms with van der Waals surface area (Å²) in [5, 5.41) is 10.1. The van der Waals surface area contributed by atoms with E-state index in [9.17, 15) is 14.7 Å². The smallest absolute Gasteiger partial charge is 0.328 e. The van der Waals surface area contributed by atoms with E-state index in [2.05, 4.69) is 0 Å². The third-order valence-electron chi connectivity index (χ3n) is 3.80. The summed E-state index contributed by atoms with van der Waals surface area (Å²) in [4.78, 5) is 25.4. The zero-order valence-electron chi connectivity index (χ0n) is 11.7. The lowest BCUT2D eigenvalue weighted by Gasteiger charge is -2.32. The van der Waals surface area contributed by atoms with Crippen molar-refractivity contribution in [1.29, 1.82) is 0 Å². The van der Waals surface area contributed by atoms with E-state index in [-0.39, 0.29) is 12.5 Å². The van der Waals surface area contributed by atoms with Crippen molar-refractivity contribution in [3.05, 3.63) is 36.0 Å². The molecule has 1 saturated heterocycles. The van der Waals surface area contributed by atoms with Crippen molar-refractivity contribution < 1.29 is 19.4 Å². The summed E-state index contributed by atoms with van der Waals surface area (Å²) >= 11 is 0. The SMILES string of the molecule is Cn1cc(C(=O)N2CCOC[C@H]2C(=O)O)c2ccccc21. The highest BCUT2D eigenvalue weighted by Gasteiger charge is 2.34. The molecular formula is C15H16N2O4. The van der Waals surface area contributed by atoms with Gasteiger partial charge in [0.2, 0.25) is 0 Å². The number of ether oxygens (including phenoxy) is 1. The van der Waals surface area contributed by atoms with Crippen molar-refractivity contribution in [1.82, 2.24) is 9.47 Å². The molecule has 1 amide bonds. The Balaban J connectivity index is 2.01. The van der Waals surface area contributed by atoms with Gasteiger partial charge in [-0.05, 0) is 6.07 Å². The number of rotatable bonds is 2. The fourth-order valence-corrected chi connectivity index (χ4v) is 2.72. The lowest BCUT2D eigenvalue weighted by atomic mass is 10.1. The predicted octanol–water partition coefficient (Wildman–Crippen LogP) is 1.10. The molecule has 0 saturated carbocycles. The number of hydrogen-bond donors (Lipinski definition) is 1. The molecule has 1 aromatic heterocycles. The first kappa shape index (κ1) is 13.6. The van der Waals surface area contributed by atoms with E-state index in [0.717, 1.165) is 10.9 Å². The maximum atomic E-state index is 12.7. The molecule has 2 heterocycles. The van der Waals surface area contributed by atoms with Crippen LogP contribution in [0.2, 0.25) is 0 Å². The van der Waals surface area contributed by atoms with Gasteiger partial charge >= 0.3 is 5.97 Å². The highest BCUT2D eigenvalue weighted by atomic mass is 16.5. The van der Waals surface area contributed by atoms with Crippen LogP contribution in [-0.4, -0.2) is 52.3 Å². The van der Waals surface area contributed by atoms with Crippen LogP contribution in [0.25, 0.3) is 10.9 Å². The number of carbonyl (C=O) groups excluding carboxylic acids is 1. The summed E-state index contributed by atoms with van der Waals surface area (Å²) in [6.07, 6.45) is 1.75. The van der Waals surface area contributed by atoms with Gasteiger partial charge in [-0.1, -0.05) is 18.2 Å². The monoisotopic (exact) mass is 288 g/mol. The molecule has 6 heteroatoms. The molecule has 6 nitrogen and oxygen atoms in total. The van der Waals surface area contributed by atoms with Gasteiger partial charge in [0.25, 0.3) is 5.91 Å². The van der Waals surface area contributed by atoms with Crippen LogP contribution in [0.5, 0.6) is 0 Å². The molecule has 0 radical (unpaired) electrons. The number of fused-ring (bicyclic) bond motifs is 1. The zero-order chi connectivity index (χ0) is 15.0. The molecule has 1 aliphatic rings. The fourth-order valence-electron chi connectivity index (χ4n) is 2.72. The van der Waals surface area contributed by atoms with E-state index in [1.54, 1.807) is 6.20 Å². The number of carboxylic acid groups (broad SMARTS) is 1. The van der Waals surface area contributed by atoms with Crippen molar-refractivity contribution in [2.45, 2.75) is 6.04 Å². The van der Waals surface area contributed by atoms with Crippen molar-refractivity contribution in [3.63, 3.8) is 0 Å². The molecule has 21 heavy (non-hydrogen) atoms. The maximum Gasteiger partial charge on any atom is 0.328 e. The number of carboxylic acids is 1. The average molecular weight is 288 g/mol. The summed E-state index contributed by atoms with van der Waals surface area (Å²) < 4.78 is 7.05. The van der Waals surface area contributed by atoms with E-state index >= 15 is 0 Å². The summed E-state index contributed by atoms with van der Waals surface area (Å²) in [6, 6.07) is 6.66. The zero-order valence-corrected chi connectivity index (χ0v) is 11.7. The number of nitrogens with zero attached hydrogens (tertiary/aromatic N) is 2. The number of aliphatic carboxylic acids is 1. The second-order valence-electron chi connectivity index (χ2n) is 5.10. The van der Waals surface area contributed by atoms with Gasteiger partial charge < -0.3 is 19.3 Å². The molecule has 110 valence electrons. The highest BCUT2D eigenvalue weighted by molar-refractivity contribution is 6.07. The van der Waals surface area contributed by atoms with Crippen LogP contribution in [0.3, 0.4) is 0 Å². The largest absolute Gasteiger partial charge is 0.480 e. The van der Waals surface area contributed by atoms with Crippen LogP contribution in [0.1, 0.15) is 10.4 Å². The summed E-state index contributed by atoms with van der Waals surface area (Å²) in [6.45, 7) is 0.686. The standard InChI is InChI=1S/C15H16N2O4/c1-16-8-11(10-4-2-3-5-12(10)16)14(18)17-6-7-21-9-13(17)15(19)20/h2-5,8,13H,6-7,9H2,1H3,(H,19,20)/t13-/m0/s1. The van der Waals surface area contributed by atoms with E-state index in [1.807, 2.05) is 35.9 Å². The molecule has 1 atom stereocenters. The van der Waals surface area contributed by atoms with Crippen molar-refractivity contribution in [2.24, 2.45) is 7.05 Å². The van der Waals surface area contributed by atoms with E-state index in [4.69, 9.17) is 4.74 Å². The number of carbonyl (C=O) groups is 2. The normalized spacial score (nSPS) is 18.9. The van der Waals surface area contributed by atoms with Gasteiger partial charge in [0.1, 0.15) is 0 Å². The first-order valence-electron chi connectivity index (χ1n) is 6.75. The summed E-state index contributed by atoms with van der Waals surface area (Å²) in [5.41, 5.74) is 1.47. The van der Waals surface area contributed by atoms with E-state index in [0.29, 0.717) is 18.7 Å². The van der Waals surface area contributed by atoms with Gasteiger partial charge in [0.05, 0.1) is 18.8 Å². The average Bonchev–Trinajstić information content (AvgIpc) is 2.84. The number of aromatic nitrogens is 1. The fraction of sp³-hybridized carbons (Fsp3) is 0.333. The Morgan fingerprint density at radius 1 is 1.33 bits per heavy atom. The minimum atomic E-state index is -1.04. The Bertz CT molecular complexity index is 707. The Morgan fingerprint density at radius 2 is 2.10 bits per heavy atom. The van der Waals surface area contributed by atoms with Gasteiger partial charge in [0.15, 0.2) is 6.04 Å². The third kappa shape index (κ3) is 2.27. The molecule has 1 aromatic carbocycles. The van der Waals surface area contributed by atoms with Crippen LogP contribution in [0.4, 0.5) is 0 Å².